The molecule has 2 aromatic rings. The van der Waals surface area contributed by atoms with Crippen molar-refractivity contribution in [1.29, 1.82) is 0 Å². The van der Waals surface area contributed by atoms with Crippen molar-refractivity contribution < 1.29 is 22.5 Å². The minimum atomic E-state index is -3.53. The number of halogens is 2. The van der Waals surface area contributed by atoms with E-state index in [-0.39, 0.29) is 22.9 Å². The third kappa shape index (κ3) is 5.72. The van der Waals surface area contributed by atoms with Gasteiger partial charge < -0.3 is 4.90 Å². The zero-order valence-corrected chi connectivity index (χ0v) is 18.8. The van der Waals surface area contributed by atoms with Crippen LogP contribution >= 0.6 is 15.9 Å². The second-order valence-corrected chi connectivity index (χ2v) is 9.96. The zero-order valence-electron chi connectivity index (χ0n) is 16.4. The molecule has 10 heteroatoms. The Balaban J connectivity index is 1.49. The maximum Gasteiger partial charge on any atom is 0.295 e. The molecule has 1 amide bonds. The van der Waals surface area contributed by atoms with Gasteiger partial charge in [0.25, 0.3) is 5.91 Å². The average molecular weight is 498 g/mol. The van der Waals surface area contributed by atoms with E-state index in [0.29, 0.717) is 30.7 Å². The Morgan fingerprint density at radius 2 is 1.90 bits per heavy atom. The summed E-state index contributed by atoms with van der Waals surface area (Å²) >= 11 is 3.25. The highest BCUT2D eigenvalue weighted by atomic mass is 79.9. The average Bonchev–Trinajstić information content (AvgIpc) is 2.71. The fourth-order valence-corrected chi connectivity index (χ4v) is 4.95. The number of amides is 1. The minimum Gasteiger partial charge on any atom is -0.325 e. The number of sulfonamides is 1. The van der Waals surface area contributed by atoms with Gasteiger partial charge in [-0.2, -0.15) is 9.41 Å². The smallest absolute Gasteiger partial charge is 0.295 e. The lowest BCUT2D eigenvalue weighted by Crippen LogP contribution is -3.15. The molecule has 0 radical (unpaired) electrons. The van der Waals surface area contributed by atoms with Crippen LogP contribution in [0.15, 0.2) is 56.9 Å². The molecule has 30 heavy (non-hydrogen) atoms. The third-order valence-corrected chi connectivity index (χ3v) is 7.26. The molecule has 1 aliphatic rings. The molecule has 3 rings (SSSR count). The van der Waals surface area contributed by atoms with E-state index >= 15 is 0 Å². The summed E-state index contributed by atoms with van der Waals surface area (Å²) in [5.74, 6) is -0.751. The van der Waals surface area contributed by atoms with Crippen molar-refractivity contribution in [3.8, 4) is 0 Å². The Morgan fingerprint density at radius 1 is 1.23 bits per heavy atom. The van der Waals surface area contributed by atoms with Crippen LogP contribution in [0, 0.1) is 12.7 Å². The summed E-state index contributed by atoms with van der Waals surface area (Å²) in [4.78, 5) is 13.4. The van der Waals surface area contributed by atoms with Crippen molar-refractivity contribution in [2.24, 2.45) is 5.10 Å². The number of benzene rings is 2. The van der Waals surface area contributed by atoms with E-state index in [2.05, 4.69) is 26.5 Å². The van der Waals surface area contributed by atoms with E-state index in [1.54, 1.807) is 36.4 Å². The van der Waals surface area contributed by atoms with Crippen molar-refractivity contribution in [3.05, 3.63) is 63.9 Å². The van der Waals surface area contributed by atoms with Crippen molar-refractivity contribution in [3.63, 3.8) is 0 Å². The van der Waals surface area contributed by atoms with Crippen molar-refractivity contribution in [2.45, 2.75) is 11.8 Å². The predicted octanol–water partition coefficient (Wildman–Crippen LogP) is 0.936. The molecule has 0 spiro atoms. The number of quaternary nitrogens is 1. The Kier molecular flexibility index (Phi) is 7.35. The number of carbonyl (C=O) groups excluding carboxylic acids is 1. The van der Waals surface area contributed by atoms with Gasteiger partial charge in [-0.1, -0.05) is 33.6 Å². The van der Waals surface area contributed by atoms with Crippen LogP contribution in [0.5, 0.6) is 0 Å². The number of hydrogen-bond donors (Lipinski definition) is 2. The number of hydrogen-bond acceptors (Lipinski definition) is 4. The van der Waals surface area contributed by atoms with Crippen molar-refractivity contribution in [2.75, 3.05) is 32.7 Å². The third-order valence-electron chi connectivity index (χ3n) is 4.85. The van der Waals surface area contributed by atoms with Crippen LogP contribution in [-0.4, -0.2) is 57.6 Å². The van der Waals surface area contributed by atoms with Crippen molar-refractivity contribution >= 4 is 38.1 Å². The van der Waals surface area contributed by atoms with Gasteiger partial charge in [0.05, 0.1) is 37.3 Å². The fourth-order valence-electron chi connectivity index (χ4n) is 3.13. The fraction of sp³-hybridized carbons (Fsp3) is 0.300. The molecule has 0 bridgehead atoms. The van der Waals surface area contributed by atoms with Gasteiger partial charge in [-0.05, 0) is 37.3 Å². The quantitative estimate of drug-likeness (QED) is 0.460. The monoisotopic (exact) mass is 497 g/mol. The molecule has 2 aromatic carbocycles. The highest BCUT2D eigenvalue weighted by molar-refractivity contribution is 9.10. The van der Waals surface area contributed by atoms with Gasteiger partial charge in [0, 0.05) is 10.0 Å². The largest absolute Gasteiger partial charge is 0.325 e. The lowest BCUT2D eigenvalue weighted by molar-refractivity contribution is -0.895. The van der Waals surface area contributed by atoms with Crippen LogP contribution < -0.4 is 10.3 Å². The second-order valence-electron chi connectivity index (χ2n) is 7.10. The Bertz CT molecular complexity index is 1040. The standard InChI is InChI=1S/C20H22BrFN4O3S/c1-15-2-5-18(6-3-15)30(28,29)26-10-8-25(9-11-26)14-20(27)24-23-13-16-12-17(21)4-7-19(16)22/h2-7,12-13H,8-11,14H2,1H3,(H,24,27)/p+1/b23-13+. The first-order chi connectivity index (χ1) is 14.3. The molecule has 0 aromatic heterocycles. The maximum absolute atomic E-state index is 13.7. The summed E-state index contributed by atoms with van der Waals surface area (Å²) in [6.07, 6.45) is 1.25. The maximum atomic E-state index is 13.7. The van der Waals surface area contributed by atoms with Crippen LogP contribution in [0.1, 0.15) is 11.1 Å². The van der Waals surface area contributed by atoms with Crippen LogP contribution in [0.4, 0.5) is 4.39 Å². The van der Waals surface area contributed by atoms with E-state index < -0.39 is 15.8 Å². The molecular weight excluding hydrogens is 475 g/mol. The summed E-state index contributed by atoms with van der Waals surface area (Å²) in [6.45, 7) is 3.78. The van der Waals surface area contributed by atoms with E-state index in [1.165, 1.54) is 16.6 Å². The molecule has 0 aliphatic carbocycles. The number of nitrogens with zero attached hydrogens (tertiary/aromatic N) is 2. The van der Waals surface area contributed by atoms with E-state index in [0.717, 1.165) is 10.5 Å². The van der Waals surface area contributed by atoms with Gasteiger partial charge in [0.2, 0.25) is 10.0 Å². The molecular formula is C20H23BrFN4O3S+. The van der Waals surface area contributed by atoms with Crippen LogP contribution in [-0.2, 0) is 14.8 Å². The molecule has 1 heterocycles. The summed E-state index contributed by atoms with van der Waals surface area (Å²) in [5.41, 5.74) is 3.65. The van der Waals surface area contributed by atoms with Gasteiger partial charge in [-0.25, -0.2) is 18.2 Å². The number of rotatable bonds is 6. The first kappa shape index (κ1) is 22.5. The minimum absolute atomic E-state index is 0.163. The summed E-state index contributed by atoms with van der Waals surface area (Å²) < 4.78 is 41.3. The summed E-state index contributed by atoms with van der Waals surface area (Å²) in [5, 5.41) is 3.80. The highest BCUT2D eigenvalue weighted by Gasteiger charge is 2.31. The molecule has 0 unspecified atom stereocenters. The van der Waals surface area contributed by atoms with Gasteiger partial charge in [-0.3, -0.25) is 4.79 Å². The van der Waals surface area contributed by atoms with E-state index in [4.69, 9.17) is 0 Å². The number of hydrazone groups is 1. The van der Waals surface area contributed by atoms with Gasteiger partial charge >= 0.3 is 0 Å². The molecule has 1 aliphatic heterocycles. The summed E-state index contributed by atoms with van der Waals surface area (Å²) in [7, 11) is -3.53. The zero-order chi connectivity index (χ0) is 21.7. The van der Waals surface area contributed by atoms with Crippen LogP contribution in [0.3, 0.4) is 0 Å². The van der Waals surface area contributed by atoms with Gasteiger partial charge in [0.15, 0.2) is 6.54 Å². The lowest BCUT2D eigenvalue weighted by atomic mass is 10.2. The molecule has 1 saturated heterocycles. The Labute approximate surface area is 183 Å². The molecule has 2 N–H and O–H groups in total. The first-order valence-corrected chi connectivity index (χ1v) is 11.7. The summed E-state index contributed by atoms with van der Waals surface area (Å²) in [6, 6.07) is 11.2. The number of aryl methyl sites for hydroxylation is 1. The van der Waals surface area contributed by atoms with Gasteiger partial charge in [0.1, 0.15) is 5.82 Å². The lowest BCUT2D eigenvalue weighted by Gasteiger charge is -2.31. The SMILES string of the molecule is Cc1ccc(S(=O)(=O)N2CC[NH+](CC(=O)N/N=C/c3cc(Br)ccc3F)CC2)cc1. The normalized spacial score (nSPS) is 16.1. The number of piperazine rings is 1. The van der Waals surface area contributed by atoms with Crippen molar-refractivity contribution in [1.82, 2.24) is 9.73 Å². The molecule has 160 valence electrons. The van der Waals surface area contributed by atoms with E-state index in [1.807, 2.05) is 6.92 Å². The molecule has 0 atom stereocenters. The predicted molar refractivity (Wildman–Crippen MR) is 115 cm³/mol. The van der Waals surface area contributed by atoms with Crippen LogP contribution in [0.2, 0.25) is 0 Å². The number of nitrogens with one attached hydrogen (secondary N) is 2. The second kappa shape index (κ2) is 9.78. The Hall–Kier alpha value is -2.14. The Morgan fingerprint density at radius 3 is 2.57 bits per heavy atom. The molecule has 0 saturated carbocycles. The topological polar surface area (TPSA) is 83.3 Å². The molecule has 7 nitrogen and oxygen atoms in total. The first-order valence-electron chi connectivity index (χ1n) is 9.43. The van der Waals surface area contributed by atoms with Crippen LogP contribution in [0.25, 0.3) is 0 Å². The van der Waals surface area contributed by atoms with E-state index in [9.17, 15) is 17.6 Å². The highest BCUT2D eigenvalue weighted by Crippen LogP contribution is 2.16. The number of carbonyl (C=O) groups is 1. The van der Waals surface area contributed by atoms with Gasteiger partial charge in [-0.15, -0.1) is 0 Å². The molecule has 1 fully saturated rings.